The standard InChI is InChI=1S/C20H29N5OS.HI/c1-16-15-27-19(23-16)5-4-10-22-20(21-2)25-13-11-24(12-14-25)17-6-8-18(26-3)9-7-17;/h6-9,15H,4-5,10-14H2,1-3H3,(H,21,22);1H. The fraction of sp³-hybridized carbons (Fsp3) is 0.500. The fourth-order valence-corrected chi connectivity index (χ4v) is 4.08. The lowest BCUT2D eigenvalue weighted by Gasteiger charge is -2.37. The Bertz CT molecular complexity index is 741. The van der Waals surface area contributed by atoms with Gasteiger partial charge in [0.25, 0.3) is 0 Å². The van der Waals surface area contributed by atoms with Crippen molar-refractivity contribution in [3.63, 3.8) is 0 Å². The minimum Gasteiger partial charge on any atom is -0.497 e. The van der Waals surface area contributed by atoms with Crippen molar-refractivity contribution >= 4 is 47.0 Å². The molecule has 1 saturated heterocycles. The Morgan fingerprint density at radius 3 is 2.50 bits per heavy atom. The van der Waals surface area contributed by atoms with Crippen molar-refractivity contribution in [1.29, 1.82) is 0 Å². The van der Waals surface area contributed by atoms with E-state index in [1.54, 1.807) is 18.4 Å². The number of nitrogens with zero attached hydrogens (tertiary/aromatic N) is 4. The van der Waals surface area contributed by atoms with E-state index in [0.29, 0.717) is 0 Å². The first-order chi connectivity index (χ1) is 13.2. The van der Waals surface area contributed by atoms with Crippen LogP contribution in [0.1, 0.15) is 17.1 Å². The molecule has 1 aliphatic rings. The highest BCUT2D eigenvalue weighted by Gasteiger charge is 2.19. The summed E-state index contributed by atoms with van der Waals surface area (Å²) in [6.45, 7) is 6.89. The number of halogens is 1. The summed E-state index contributed by atoms with van der Waals surface area (Å²) >= 11 is 1.75. The molecule has 28 heavy (non-hydrogen) atoms. The highest BCUT2D eigenvalue weighted by molar-refractivity contribution is 14.0. The number of nitrogens with one attached hydrogen (secondary N) is 1. The topological polar surface area (TPSA) is 53.0 Å². The maximum Gasteiger partial charge on any atom is 0.193 e. The van der Waals surface area contributed by atoms with Crippen LogP contribution in [0.3, 0.4) is 0 Å². The van der Waals surface area contributed by atoms with E-state index in [-0.39, 0.29) is 24.0 Å². The van der Waals surface area contributed by atoms with Gasteiger partial charge in [0.05, 0.1) is 12.1 Å². The van der Waals surface area contributed by atoms with Crippen LogP contribution in [-0.2, 0) is 6.42 Å². The van der Waals surface area contributed by atoms with E-state index < -0.39 is 0 Å². The van der Waals surface area contributed by atoms with Gasteiger partial charge in [-0.1, -0.05) is 0 Å². The third-order valence-electron chi connectivity index (χ3n) is 4.75. The molecule has 1 N–H and O–H groups in total. The Hall–Kier alpha value is -1.55. The first kappa shape index (κ1) is 22.7. The largest absolute Gasteiger partial charge is 0.497 e. The number of rotatable bonds is 6. The molecule has 1 aromatic carbocycles. The molecule has 0 spiro atoms. The number of thiazole rings is 1. The van der Waals surface area contributed by atoms with Crippen molar-refractivity contribution < 1.29 is 4.74 Å². The summed E-state index contributed by atoms with van der Waals surface area (Å²) in [4.78, 5) is 13.7. The lowest BCUT2D eigenvalue weighted by atomic mass is 10.2. The summed E-state index contributed by atoms with van der Waals surface area (Å²) in [5.74, 6) is 1.90. The quantitative estimate of drug-likeness (QED) is 0.277. The van der Waals surface area contributed by atoms with Gasteiger partial charge in [-0.3, -0.25) is 4.99 Å². The predicted molar refractivity (Wildman–Crippen MR) is 129 cm³/mol. The number of aromatic nitrogens is 1. The van der Waals surface area contributed by atoms with Gasteiger partial charge in [-0.2, -0.15) is 0 Å². The van der Waals surface area contributed by atoms with Crippen LogP contribution in [0.5, 0.6) is 5.75 Å². The van der Waals surface area contributed by atoms with E-state index >= 15 is 0 Å². The van der Waals surface area contributed by atoms with Gasteiger partial charge in [-0.25, -0.2) is 4.98 Å². The lowest BCUT2D eigenvalue weighted by Crippen LogP contribution is -2.52. The first-order valence-corrected chi connectivity index (χ1v) is 10.3. The van der Waals surface area contributed by atoms with E-state index in [4.69, 9.17) is 4.74 Å². The van der Waals surface area contributed by atoms with Gasteiger partial charge in [0.15, 0.2) is 5.96 Å². The van der Waals surface area contributed by atoms with Crippen molar-refractivity contribution in [3.05, 3.63) is 40.3 Å². The molecule has 2 heterocycles. The summed E-state index contributed by atoms with van der Waals surface area (Å²) in [6, 6.07) is 8.29. The molecule has 0 bridgehead atoms. The van der Waals surface area contributed by atoms with Crippen molar-refractivity contribution in [2.75, 3.05) is 51.8 Å². The predicted octanol–water partition coefficient (Wildman–Crippen LogP) is 3.41. The van der Waals surface area contributed by atoms with Crippen LogP contribution in [0, 0.1) is 6.92 Å². The van der Waals surface area contributed by atoms with E-state index in [0.717, 1.165) is 63.0 Å². The highest BCUT2D eigenvalue weighted by Crippen LogP contribution is 2.20. The van der Waals surface area contributed by atoms with Gasteiger partial charge in [-0.05, 0) is 37.6 Å². The Kier molecular flexibility index (Phi) is 9.30. The molecule has 0 unspecified atom stereocenters. The Morgan fingerprint density at radius 2 is 1.93 bits per heavy atom. The molecule has 1 aromatic heterocycles. The highest BCUT2D eigenvalue weighted by atomic mass is 127. The number of anilines is 1. The number of benzene rings is 1. The van der Waals surface area contributed by atoms with E-state index in [1.807, 2.05) is 26.1 Å². The van der Waals surface area contributed by atoms with Crippen LogP contribution in [0.25, 0.3) is 0 Å². The Morgan fingerprint density at radius 1 is 1.21 bits per heavy atom. The van der Waals surface area contributed by atoms with Crippen LogP contribution >= 0.6 is 35.3 Å². The molecule has 0 radical (unpaired) electrons. The zero-order chi connectivity index (χ0) is 19.1. The van der Waals surface area contributed by atoms with Crippen molar-refractivity contribution in [2.45, 2.75) is 19.8 Å². The maximum absolute atomic E-state index is 5.24. The second-order valence-electron chi connectivity index (χ2n) is 6.63. The molecular formula is C20H30IN5OS. The van der Waals surface area contributed by atoms with Crippen LogP contribution in [0.2, 0.25) is 0 Å². The molecule has 0 atom stereocenters. The third-order valence-corrected chi connectivity index (χ3v) is 5.77. The molecular weight excluding hydrogens is 485 g/mol. The van der Waals surface area contributed by atoms with Crippen LogP contribution in [0.15, 0.2) is 34.6 Å². The number of ether oxygens (including phenoxy) is 1. The lowest BCUT2D eigenvalue weighted by molar-refractivity contribution is 0.372. The molecule has 8 heteroatoms. The molecule has 0 amide bonds. The van der Waals surface area contributed by atoms with Gasteiger partial charge < -0.3 is 19.9 Å². The third kappa shape index (κ3) is 6.23. The van der Waals surface area contributed by atoms with Crippen molar-refractivity contribution in [2.24, 2.45) is 4.99 Å². The van der Waals surface area contributed by atoms with Gasteiger partial charge in [0, 0.05) is 63.0 Å². The van der Waals surface area contributed by atoms with Crippen LogP contribution < -0.4 is 15.0 Å². The fourth-order valence-electron chi connectivity index (χ4n) is 3.26. The van der Waals surface area contributed by atoms with Crippen molar-refractivity contribution in [3.8, 4) is 5.75 Å². The van der Waals surface area contributed by atoms with Gasteiger partial charge >= 0.3 is 0 Å². The summed E-state index contributed by atoms with van der Waals surface area (Å²) in [5.41, 5.74) is 2.37. The normalized spacial score (nSPS) is 14.6. The van der Waals surface area contributed by atoms with E-state index in [2.05, 4.69) is 42.6 Å². The van der Waals surface area contributed by atoms with Crippen molar-refractivity contribution in [1.82, 2.24) is 15.2 Å². The number of guanidine groups is 1. The Labute approximate surface area is 189 Å². The van der Waals surface area contributed by atoms with Gasteiger partial charge in [0.1, 0.15) is 5.75 Å². The number of hydrogen-bond acceptors (Lipinski definition) is 5. The summed E-state index contributed by atoms with van der Waals surface area (Å²) in [6.07, 6.45) is 2.09. The second kappa shape index (κ2) is 11.5. The minimum atomic E-state index is 0. The second-order valence-corrected chi connectivity index (χ2v) is 7.57. The summed E-state index contributed by atoms with van der Waals surface area (Å²) < 4.78 is 5.24. The zero-order valence-electron chi connectivity index (χ0n) is 16.9. The molecule has 1 fully saturated rings. The van der Waals surface area contributed by atoms with Gasteiger partial charge in [0.2, 0.25) is 0 Å². The smallest absolute Gasteiger partial charge is 0.193 e. The monoisotopic (exact) mass is 515 g/mol. The molecule has 154 valence electrons. The molecule has 0 saturated carbocycles. The van der Waals surface area contributed by atoms with Crippen LogP contribution in [0.4, 0.5) is 5.69 Å². The zero-order valence-corrected chi connectivity index (χ0v) is 20.0. The SMILES string of the molecule is CN=C(NCCCc1nc(C)cs1)N1CCN(c2ccc(OC)cc2)CC1.I. The first-order valence-electron chi connectivity index (χ1n) is 9.45. The summed E-state index contributed by atoms with van der Waals surface area (Å²) in [5, 5.41) is 6.84. The number of methoxy groups -OCH3 is 1. The molecule has 6 nitrogen and oxygen atoms in total. The number of aryl methyl sites for hydroxylation is 2. The minimum absolute atomic E-state index is 0. The number of aliphatic imine (C=N–C) groups is 1. The average Bonchev–Trinajstić information content (AvgIpc) is 3.13. The number of piperazine rings is 1. The van der Waals surface area contributed by atoms with E-state index in [9.17, 15) is 0 Å². The van der Waals surface area contributed by atoms with E-state index in [1.165, 1.54) is 10.7 Å². The number of hydrogen-bond donors (Lipinski definition) is 1. The Balaban J connectivity index is 0.00000280. The van der Waals surface area contributed by atoms with Crippen LogP contribution in [-0.4, -0.2) is 62.7 Å². The summed E-state index contributed by atoms with van der Waals surface area (Å²) in [7, 11) is 3.56. The average molecular weight is 515 g/mol. The maximum atomic E-state index is 5.24. The molecule has 0 aliphatic carbocycles. The van der Waals surface area contributed by atoms with Gasteiger partial charge in [-0.15, -0.1) is 35.3 Å². The molecule has 3 rings (SSSR count). The molecule has 2 aromatic rings. The molecule has 1 aliphatic heterocycles.